The van der Waals surface area contributed by atoms with Gasteiger partial charge in [-0.1, -0.05) is 18.2 Å². The van der Waals surface area contributed by atoms with Gasteiger partial charge in [0.1, 0.15) is 10.6 Å². The van der Waals surface area contributed by atoms with Crippen LogP contribution in [-0.4, -0.2) is 37.0 Å². The molecule has 1 amide bonds. The van der Waals surface area contributed by atoms with Gasteiger partial charge in [0.25, 0.3) is 20.2 Å². The average Bonchev–Trinajstić information content (AvgIpc) is 2.65. The van der Waals surface area contributed by atoms with E-state index in [0.29, 0.717) is 5.69 Å². The second-order valence-electron chi connectivity index (χ2n) is 6.31. The van der Waals surface area contributed by atoms with E-state index in [1.807, 2.05) is 0 Å². The summed E-state index contributed by atoms with van der Waals surface area (Å²) in [4.78, 5) is 10.0. The molecule has 0 bridgehead atoms. The molecule has 0 aliphatic rings. The summed E-state index contributed by atoms with van der Waals surface area (Å²) in [6.45, 7) is 1.12. The van der Waals surface area contributed by atoms with E-state index in [2.05, 4.69) is 15.5 Å². The molecule has 0 heterocycles. The number of benzene rings is 3. The van der Waals surface area contributed by atoms with Crippen LogP contribution in [0.4, 0.5) is 17.1 Å². The summed E-state index contributed by atoms with van der Waals surface area (Å²) in [5.41, 5.74) is -0.565. The predicted molar refractivity (Wildman–Crippen MR) is 112 cm³/mol. The number of anilines is 1. The fourth-order valence-electron chi connectivity index (χ4n) is 2.79. The molecule has 15 heteroatoms. The van der Waals surface area contributed by atoms with Gasteiger partial charge in [0.05, 0.1) is 16.3 Å². The molecule has 0 spiro atoms. The Morgan fingerprint density at radius 1 is 0.939 bits per heavy atom. The molecular weight excluding hydrogens is 496 g/mol. The number of rotatable bonds is 5. The zero-order valence-corrected chi connectivity index (χ0v) is 23.3. The second-order valence-corrected chi connectivity index (χ2v) is 9.12. The minimum atomic E-state index is -4.95. The van der Waals surface area contributed by atoms with Gasteiger partial charge >= 0.3 is 59.1 Å². The zero-order valence-electron chi connectivity index (χ0n) is 19.7. The first-order valence-electron chi connectivity index (χ1n) is 8.41. The number of phenols is 1. The second kappa shape index (κ2) is 11.4. The van der Waals surface area contributed by atoms with E-state index in [1.54, 1.807) is 30.3 Å². The van der Waals surface area contributed by atoms with Crippen LogP contribution in [0, 0.1) is 0 Å². The molecule has 11 nitrogen and oxygen atoms in total. The number of hydrogen-bond donors (Lipinski definition) is 4. The van der Waals surface area contributed by atoms with Crippen LogP contribution in [0.3, 0.4) is 0 Å². The van der Waals surface area contributed by atoms with Crippen molar-refractivity contribution in [1.29, 1.82) is 0 Å². The number of aromatic hydroxyl groups is 1. The van der Waals surface area contributed by atoms with Crippen molar-refractivity contribution in [1.82, 2.24) is 0 Å². The van der Waals surface area contributed by atoms with Crippen molar-refractivity contribution in [2.45, 2.75) is 16.7 Å². The minimum absolute atomic E-state index is 0. The Balaban J connectivity index is 0. The Morgan fingerprint density at radius 3 is 2.06 bits per heavy atom. The Kier molecular flexibility index (Phi) is 10.2. The van der Waals surface area contributed by atoms with Gasteiger partial charge in [-0.25, -0.2) is 0 Å². The molecule has 0 saturated carbocycles. The van der Waals surface area contributed by atoms with E-state index in [4.69, 9.17) is 0 Å². The molecule has 0 aromatic heterocycles. The van der Waals surface area contributed by atoms with Crippen LogP contribution in [0.25, 0.3) is 10.8 Å². The largest absolute Gasteiger partial charge is 1.00 e. The number of nitrogens with one attached hydrogen (secondary N) is 1. The molecular formula is C18H17N3Na2O8S2. The molecule has 3 aromatic rings. The number of nitrogens with zero attached hydrogens (tertiary/aromatic N) is 2. The van der Waals surface area contributed by atoms with E-state index in [9.17, 15) is 35.8 Å². The molecule has 0 fully saturated rings. The summed E-state index contributed by atoms with van der Waals surface area (Å²) >= 11 is 0. The van der Waals surface area contributed by atoms with Gasteiger partial charge in [0, 0.05) is 12.3 Å². The number of carbonyl (C=O) groups excluding carboxylic acids is 1. The van der Waals surface area contributed by atoms with Crippen LogP contribution in [0.15, 0.2) is 68.6 Å². The maximum Gasteiger partial charge on any atom is 1.00 e. The number of carbonyl (C=O) groups is 1. The first-order valence-corrected chi connectivity index (χ1v) is 11.3. The van der Waals surface area contributed by atoms with Gasteiger partial charge in [0.15, 0.2) is 5.75 Å². The molecule has 0 saturated heterocycles. The predicted octanol–water partition coefficient (Wildman–Crippen LogP) is -2.35. The third-order valence-corrected chi connectivity index (χ3v) is 5.73. The van der Waals surface area contributed by atoms with Gasteiger partial charge in [-0.05, 0) is 35.7 Å². The van der Waals surface area contributed by atoms with Crippen molar-refractivity contribution < 1.29 is 97.8 Å². The zero-order chi connectivity index (χ0) is 23.0. The number of amides is 1. The van der Waals surface area contributed by atoms with Crippen molar-refractivity contribution in [2.24, 2.45) is 10.2 Å². The molecule has 33 heavy (non-hydrogen) atoms. The van der Waals surface area contributed by atoms with Crippen LogP contribution in [-0.2, 0) is 25.0 Å². The van der Waals surface area contributed by atoms with Gasteiger partial charge in [-0.15, -0.1) is 5.11 Å². The van der Waals surface area contributed by atoms with Crippen LogP contribution >= 0.6 is 0 Å². The first kappa shape index (κ1) is 29.6. The van der Waals surface area contributed by atoms with Gasteiger partial charge in [0.2, 0.25) is 5.91 Å². The Hall–Kier alpha value is -1.39. The van der Waals surface area contributed by atoms with Crippen molar-refractivity contribution >= 4 is 54.0 Å². The van der Waals surface area contributed by atoms with E-state index in [-0.39, 0.29) is 78.4 Å². The van der Waals surface area contributed by atoms with Crippen molar-refractivity contribution in [2.75, 3.05) is 5.32 Å². The third kappa shape index (κ3) is 7.05. The maximum atomic E-state index is 11.9. The third-order valence-electron chi connectivity index (χ3n) is 4.03. The summed E-state index contributed by atoms with van der Waals surface area (Å²) in [7, 11) is -9.71. The maximum absolute atomic E-state index is 11.9. The van der Waals surface area contributed by atoms with Crippen molar-refractivity contribution in [3.05, 3.63) is 48.5 Å². The number of fused-ring (bicyclic) bond motifs is 1. The molecule has 166 valence electrons. The standard InChI is InChI=1S/C18H15N3O8S2.2Na.2H/c1-10(22)19-14-9-13(30(24,25)26)7-11-8-15(31(27,28)29)17(18(23)16(11)14)21-20-12-5-3-2-4-6-12;;;;/h2-9,23H,1H3,(H,19,22)(H,24,25,26)(H,27,28,29);;;;/q;2*+1;2*-1. The van der Waals surface area contributed by atoms with E-state index in [1.165, 1.54) is 0 Å². The topological polar surface area (TPSA) is 183 Å². The Bertz CT molecular complexity index is 1460. The molecule has 3 rings (SSSR count). The molecule has 0 atom stereocenters. The summed E-state index contributed by atoms with van der Waals surface area (Å²) in [5.74, 6) is -1.44. The fourth-order valence-corrected chi connectivity index (χ4v) is 3.99. The van der Waals surface area contributed by atoms with Crippen molar-refractivity contribution in [3.8, 4) is 5.75 Å². The average molecular weight is 513 g/mol. The number of phenolic OH excluding ortho intramolecular Hbond substituents is 1. The quantitative estimate of drug-likeness (QED) is 0.166. The SMILES string of the molecule is CC(=O)Nc1cc(S(=O)(=O)O)cc2cc(S(=O)(=O)O)c(N=Nc3ccccc3)c(O)c12.[H-].[H-].[Na+].[Na+]. The minimum Gasteiger partial charge on any atom is -1.00 e. The fraction of sp³-hybridized carbons (Fsp3) is 0.0556. The summed E-state index contributed by atoms with van der Waals surface area (Å²) in [6, 6.07) is 10.7. The number of azo groups is 1. The van der Waals surface area contributed by atoms with E-state index >= 15 is 0 Å². The van der Waals surface area contributed by atoms with Gasteiger partial charge in [-0.2, -0.15) is 21.9 Å². The molecule has 0 radical (unpaired) electrons. The molecule has 0 aliphatic carbocycles. The summed E-state index contributed by atoms with van der Waals surface area (Å²) in [6.07, 6.45) is 0. The van der Waals surface area contributed by atoms with Crippen LogP contribution in [0.1, 0.15) is 9.78 Å². The van der Waals surface area contributed by atoms with E-state index < -0.39 is 47.4 Å². The molecule has 0 aliphatic heterocycles. The van der Waals surface area contributed by atoms with Gasteiger partial charge < -0.3 is 13.3 Å². The summed E-state index contributed by atoms with van der Waals surface area (Å²) in [5, 5.41) is 20.2. The Labute approximate surface area is 236 Å². The van der Waals surface area contributed by atoms with Crippen LogP contribution in [0.5, 0.6) is 5.75 Å². The van der Waals surface area contributed by atoms with Crippen LogP contribution in [0.2, 0.25) is 0 Å². The smallest absolute Gasteiger partial charge is 1.00 e. The molecule has 4 N–H and O–H groups in total. The summed E-state index contributed by atoms with van der Waals surface area (Å²) < 4.78 is 66.0. The normalized spacial score (nSPS) is 11.6. The van der Waals surface area contributed by atoms with E-state index in [0.717, 1.165) is 25.1 Å². The molecule has 3 aromatic carbocycles. The monoisotopic (exact) mass is 513 g/mol. The van der Waals surface area contributed by atoms with Crippen LogP contribution < -0.4 is 64.4 Å². The number of hydrogen-bond acceptors (Lipinski definition) is 8. The molecule has 0 unspecified atom stereocenters. The van der Waals surface area contributed by atoms with Gasteiger partial charge in [-0.3, -0.25) is 13.9 Å². The first-order chi connectivity index (χ1) is 14.4. The Morgan fingerprint density at radius 2 is 1.55 bits per heavy atom. The van der Waals surface area contributed by atoms with Crippen molar-refractivity contribution in [3.63, 3.8) is 0 Å².